The minimum atomic E-state index is 0.721. The number of methoxy groups -OCH3 is 1. The SMILES string of the molecule is COc1ccccc1N=C1NNC(c2ccc(Cl)cc2)=CS1. The molecular weight excluding hydrogens is 318 g/mol. The van der Waals surface area contributed by atoms with Gasteiger partial charge in [0, 0.05) is 16.0 Å². The number of halogens is 1. The highest BCUT2D eigenvalue weighted by Gasteiger charge is 2.11. The molecular formula is C16H14ClN3OS. The summed E-state index contributed by atoms with van der Waals surface area (Å²) in [5.41, 5.74) is 9.04. The number of nitrogens with zero attached hydrogens (tertiary/aromatic N) is 1. The molecule has 0 radical (unpaired) electrons. The Hall–Kier alpha value is -2.11. The third-order valence-corrected chi connectivity index (χ3v) is 4.08. The molecule has 2 aromatic carbocycles. The van der Waals surface area contributed by atoms with Crippen molar-refractivity contribution in [1.29, 1.82) is 0 Å². The van der Waals surface area contributed by atoms with Crippen molar-refractivity contribution in [3.63, 3.8) is 0 Å². The Balaban J connectivity index is 1.78. The first-order valence-electron chi connectivity index (χ1n) is 6.63. The van der Waals surface area contributed by atoms with Crippen LogP contribution in [0.25, 0.3) is 5.70 Å². The second-order valence-electron chi connectivity index (χ2n) is 4.50. The molecule has 112 valence electrons. The molecule has 0 amide bonds. The number of thioether (sulfide) groups is 1. The van der Waals surface area contributed by atoms with Gasteiger partial charge < -0.3 is 4.74 Å². The molecule has 0 fully saturated rings. The third kappa shape index (κ3) is 3.37. The van der Waals surface area contributed by atoms with Gasteiger partial charge in [-0.2, -0.15) is 0 Å². The monoisotopic (exact) mass is 331 g/mol. The number of benzene rings is 2. The van der Waals surface area contributed by atoms with E-state index in [1.54, 1.807) is 7.11 Å². The third-order valence-electron chi connectivity index (χ3n) is 3.05. The van der Waals surface area contributed by atoms with Gasteiger partial charge in [0.25, 0.3) is 0 Å². The zero-order valence-corrected chi connectivity index (χ0v) is 13.4. The van der Waals surface area contributed by atoms with Crippen LogP contribution >= 0.6 is 23.4 Å². The first kappa shape index (κ1) is 14.8. The van der Waals surface area contributed by atoms with E-state index in [2.05, 4.69) is 15.8 Å². The van der Waals surface area contributed by atoms with Crippen molar-refractivity contribution in [2.45, 2.75) is 0 Å². The first-order chi connectivity index (χ1) is 10.8. The largest absolute Gasteiger partial charge is 0.494 e. The average molecular weight is 332 g/mol. The molecule has 1 heterocycles. The van der Waals surface area contributed by atoms with Gasteiger partial charge >= 0.3 is 0 Å². The van der Waals surface area contributed by atoms with Crippen molar-refractivity contribution in [3.8, 4) is 5.75 Å². The molecule has 1 aliphatic heterocycles. The maximum atomic E-state index is 5.90. The van der Waals surface area contributed by atoms with Crippen LogP contribution < -0.4 is 15.6 Å². The van der Waals surface area contributed by atoms with E-state index in [4.69, 9.17) is 16.3 Å². The molecule has 0 spiro atoms. The molecule has 0 aliphatic carbocycles. The summed E-state index contributed by atoms with van der Waals surface area (Å²) >= 11 is 7.41. The fraction of sp³-hybridized carbons (Fsp3) is 0.0625. The first-order valence-corrected chi connectivity index (χ1v) is 7.88. The van der Waals surface area contributed by atoms with Gasteiger partial charge in [0.2, 0.25) is 0 Å². The van der Waals surface area contributed by atoms with Gasteiger partial charge in [0.05, 0.1) is 12.8 Å². The van der Waals surface area contributed by atoms with Gasteiger partial charge in [-0.05, 0) is 24.3 Å². The molecule has 0 unspecified atom stereocenters. The van der Waals surface area contributed by atoms with E-state index in [-0.39, 0.29) is 0 Å². The molecule has 4 nitrogen and oxygen atoms in total. The highest BCUT2D eigenvalue weighted by Crippen LogP contribution is 2.29. The van der Waals surface area contributed by atoms with Crippen LogP contribution in [-0.4, -0.2) is 12.3 Å². The van der Waals surface area contributed by atoms with Gasteiger partial charge in [-0.3, -0.25) is 10.9 Å². The maximum absolute atomic E-state index is 5.90. The van der Waals surface area contributed by atoms with E-state index >= 15 is 0 Å². The number of rotatable bonds is 3. The number of ether oxygens (including phenoxy) is 1. The number of para-hydroxylation sites is 2. The Morgan fingerprint density at radius 2 is 1.82 bits per heavy atom. The van der Waals surface area contributed by atoms with E-state index in [9.17, 15) is 0 Å². The fourth-order valence-corrected chi connectivity index (χ4v) is 2.76. The van der Waals surface area contributed by atoms with Gasteiger partial charge in [-0.1, -0.05) is 47.6 Å². The molecule has 1 aliphatic rings. The summed E-state index contributed by atoms with van der Waals surface area (Å²) in [5, 5.41) is 3.48. The zero-order valence-electron chi connectivity index (χ0n) is 11.8. The summed E-state index contributed by atoms with van der Waals surface area (Å²) in [5.74, 6) is 0.741. The molecule has 2 aromatic rings. The van der Waals surface area contributed by atoms with Crippen LogP contribution in [0.3, 0.4) is 0 Å². The lowest BCUT2D eigenvalue weighted by Crippen LogP contribution is -2.36. The quantitative estimate of drug-likeness (QED) is 0.885. The molecule has 22 heavy (non-hydrogen) atoms. The smallest absolute Gasteiger partial charge is 0.185 e. The van der Waals surface area contributed by atoms with Crippen LogP contribution in [0.1, 0.15) is 5.56 Å². The van der Waals surface area contributed by atoms with Crippen molar-refractivity contribution in [1.82, 2.24) is 10.9 Å². The lowest BCUT2D eigenvalue weighted by atomic mass is 10.2. The van der Waals surface area contributed by atoms with Crippen molar-refractivity contribution in [3.05, 3.63) is 64.5 Å². The molecule has 0 saturated heterocycles. The van der Waals surface area contributed by atoms with Crippen LogP contribution in [0.2, 0.25) is 5.02 Å². The summed E-state index contributed by atoms with van der Waals surface area (Å²) in [6.07, 6.45) is 0. The van der Waals surface area contributed by atoms with Gasteiger partial charge in [0.1, 0.15) is 11.4 Å². The lowest BCUT2D eigenvalue weighted by molar-refractivity contribution is 0.416. The summed E-state index contributed by atoms with van der Waals surface area (Å²) in [6, 6.07) is 15.3. The second kappa shape index (κ2) is 6.77. The van der Waals surface area contributed by atoms with E-state index in [0.29, 0.717) is 0 Å². The zero-order chi connectivity index (χ0) is 15.4. The van der Waals surface area contributed by atoms with Crippen LogP contribution in [0, 0.1) is 0 Å². The predicted octanol–water partition coefficient (Wildman–Crippen LogP) is 4.18. The Kier molecular flexibility index (Phi) is 4.56. The van der Waals surface area contributed by atoms with Crippen LogP contribution in [0.15, 0.2) is 58.9 Å². The van der Waals surface area contributed by atoms with Crippen molar-refractivity contribution < 1.29 is 4.74 Å². The van der Waals surface area contributed by atoms with Gasteiger partial charge in [-0.25, -0.2) is 4.99 Å². The number of nitrogens with one attached hydrogen (secondary N) is 2. The van der Waals surface area contributed by atoms with Crippen molar-refractivity contribution in [2.75, 3.05) is 7.11 Å². The predicted molar refractivity (Wildman–Crippen MR) is 93.4 cm³/mol. The minimum absolute atomic E-state index is 0.721. The van der Waals surface area contributed by atoms with Gasteiger partial charge in [-0.15, -0.1) is 0 Å². The molecule has 0 atom stereocenters. The van der Waals surface area contributed by atoms with E-state index in [1.807, 2.05) is 53.9 Å². The Morgan fingerprint density at radius 3 is 2.50 bits per heavy atom. The number of hydrogen-bond acceptors (Lipinski definition) is 4. The van der Waals surface area contributed by atoms with Crippen molar-refractivity contribution in [2.24, 2.45) is 4.99 Å². The molecule has 0 bridgehead atoms. The minimum Gasteiger partial charge on any atom is -0.494 e. The Bertz CT molecular complexity index is 728. The summed E-state index contributed by atoms with van der Waals surface area (Å²) in [6.45, 7) is 0. The van der Waals surface area contributed by atoms with Crippen LogP contribution in [-0.2, 0) is 0 Å². The van der Waals surface area contributed by atoms with Crippen molar-refractivity contribution >= 4 is 39.9 Å². The van der Waals surface area contributed by atoms with E-state index in [0.717, 1.165) is 32.9 Å². The topological polar surface area (TPSA) is 45.6 Å². The normalized spacial score (nSPS) is 15.7. The van der Waals surface area contributed by atoms with Gasteiger partial charge in [0.15, 0.2) is 5.17 Å². The number of hydrazine groups is 1. The van der Waals surface area contributed by atoms with E-state index in [1.165, 1.54) is 11.8 Å². The highest BCUT2D eigenvalue weighted by molar-refractivity contribution is 8.16. The molecule has 2 N–H and O–H groups in total. The lowest BCUT2D eigenvalue weighted by Gasteiger charge is -2.19. The maximum Gasteiger partial charge on any atom is 0.185 e. The van der Waals surface area contributed by atoms with Crippen LogP contribution in [0.5, 0.6) is 5.75 Å². The number of amidine groups is 1. The number of hydrogen-bond donors (Lipinski definition) is 2. The number of aliphatic imine (C=N–C) groups is 1. The average Bonchev–Trinajstić information content (AvgIpc) is 2.57. The standard InChI is InChI=1S/C16H14ClN3OS/c1-21-15-5-3-2-4-13(15)18-16-20-19-14(10-22-16)11-6-8-12(17)9-7-11/h2-10,19H,1H3,(H,18,20). The highest BCUT2D eigenvalue weighted by atomic mass is 35.5. The molecule has 3 rings (SSSR count). The summed E-state index contributed by atoms with van der Waals surface area (Å²) in [4.78, 5) is 4.55. The molecule has 0 aromatic heterocycles. The molecule has 0 saturated carbocycles. The summed E-state index contributed by atoms with van der Waals surface area (Å²) < 4.78 is 5.30. The second-order valence-corrected chi connectivity index (χ2v) is 5.79. The van der Waals surface area contributed by atoms with Crippen LogP contribution in [0.4, 0.5) is 5.69 Å². The van der Waals surface area contributed by atoms with E-state index < -0.39 is 0 Å². The molecule has 6 heteroatoms. The summed E-state index contributed by atoms with van der Waals surface area (Å²) in [7, 11) is 1.64. The fourth-order valence-electron chi connectivity index (χ4n) is 1.95. The Morgan fingerprint density at radius 1 is 1.05 bits per heavy atom. The Labute approximate surface area is 138 Å².